The number of rotatable bonds is 9. The summed E-state index contributed by atoms with van der Waals surface area (Å²) in [6.45, 7) is 0.947. The number of carbonyl (C=O) groups is 1. The third-order valence-electron chi connectivity index (χ3n) is 5.14. The minimum absolute atomic E-state index is 0.0739. The number of carbonyl (C=O) groups excluding carboxylic acids is 1. The molecule has 0 bridgehead atoms. The van der Waals surface area contributed by atoms with Gasteiger partial charge in [-0.3, -0.25) is 4.79 Å². The number of nitrogens with zero attached hydrogens (tertiary/aromatic N) is 3. The Morgan fingerprint density at radius 2 is 1.76 bits per heavy atom. The fourth-order valence-electron chi connectivity index (χ4n) is 3.37. The summed E-state index contributed by atoms with van der Waals surface area (Å²) in [4.78, 5) is 19.3. The monoisotopic (exact) mass is 439 g/mol. The molecule has 33 heavy (non-hydrogen) atoms. The third-order valence-corrected chi connectivity index (χ3v) is 5.14. The van der Waals surface area contributed by atoms with Crippen molar-refractivity contribution in [3.05, 3.63) is 108 Å². The van der Waals surface area contributed by atoms with E-state index < -0.39 is 0 Å². The summed E-state index contributed by atoms with van der Waals surface area (Å²) in [6, 6.07) is 27.2. The number of benzene rings is 3. The number of hydrogen-bond acceptors (Lipinski definition) is 5. The average molecular weight is 440 g/mol. The molecule has 6 heteroatoms. The van der Waals surface area contributed by atoms with Crippen molar-refractivity contribution < 1.29 is 14.1 Å². The lowest BCUT2D eigenvalue weighted by Crippen LogP contribution is -2.31. The highest BCUT2D eigenvalue weighted by Gasteiger charge is 2.15. The van der Waals surface area contributed by atoms with E-state index in [-0.39, 0.29) is 5.91 Å². The number of hydrogen-bond donors (Lipinski definition) is 0. The van der Waals surface area contributed by atoms with E-state index in [0.717, 1.165) is 22.4 Å². The first-order valence-electron chi connectivity index (χ1n) is 10.7. The molecule has 0 aliphatic heterocycles. The molecule has 1 heterocycles. The number of amides is 1. The van der Waals surface area contributed by atoms with Gasteiger partial charge in [0.1, 0.15) is 5.75 Å². The van der Waals surface area contributed by atoms with E-state index in [1.165, 1.54) is 0 Å². The maximum Gasteiger partial charge on any atom is 0.246 e. The highest BCUT2D eigenvalue weighted by Crippen LogP contribution is 2.21. The van der Waals surface area contributed by atoms with E-state index in [9.17, 15) is 4.79 Å². The van der Waals surface area contributed by atoms with Crippen LogP contribution in [0.3, 0.4) is 0 Å². The van der Waals surface area contributed by atoms with Crippen LogP contribution in [0.25, 0.3) is 17.5 Å². The molecule has 0 unspecified atom stereocenters. The van der Waals surface area contributed by atoms with Gasteiger partial charge in [-0.05, 0) is 29.3 Å². The van der Waals surface area contributed by atoms with Crippen LogP contribution < -0.4 is 4.74 Å². The molecular weight excluding hydrogens is 414 g/mol. The van der Waals surface area contributed by atoms with Gasteiger partial charge in [0.15, 0.2) is 0 Å². The van der Waals surface area contributed by atoms with Crippen molar-refractivity contribution >= 4 is 12.0 Å². The van der Waals surface area contributed by atoms with E-state index in [0.29, 0.717) is 31.2 Å². The van der Waals surface area contributed by atoms with E-state index in [2.05, 4.69) is 10.1 Å². The summed E-state index contributed by atoms with van der Waals surface area (Å²) in [5.74, 6) is 1.62. The molecule has 166 valence electrons. The second-order valence-electron chi connectivity index (χ2n) is 7.48. The molecule has 0 aliphatic carbocycles. The molecule has 0 saturated carbocycles. The first-order chi connectivity index (χ1) is 16.2. The Balaban J connectivity index is 1.46. The summed E-state index contributed by atoms with van der Waals surface area (Å²) in [5.41, 5.74) is 2.85. The quantitative estimate of drug-likeness (QED) is 0.342. The third kappa shape index (κ3) is 6.17. The summed E-state index contributed by atoms with van der Waals surface area (Å²) >= 11 is 0. The molecule has 0 radical (unpaired) electrons. The Hall–Kier alpha value is -4.19. The van der Waals surface area contributed by atoms with Crippen molar-refractivity contribution in [1.29, 1.82) is 0 Å². The van der Waals surface area contributed by atoms with E-state index >= 15 is 0 Å². The summed E-state index contributed by atoms with van der Waals surface area (Å²) < 4.78 is 10.7. The molecular formula is C27H25N3O3. The SMILES string of the molecule is COc1cccc(-c2noc(CCN(Cc3ccccc3)C(=O)/C=C/c3ccccc3)n2)c1. The molecule has 4 rings (SSSR count). The van der Waals surface area contributed by atoms with Crippen LogP contribution in [0.15, 0.2) is 95.5 Å². The lowest BCUT2D eigenvalue weighted by molar-refractivity contribution is -0.126. The molecule has 1 aromatic heterocycles. The Kier molecular flexibility index (Phi) is 7.28. The Morgan fingerprint density at radius 1 is 1.00 bits per heavy atom. The summed E-state index contributed by atoms with van der Waals surface area (Å²) in [5, 5.41) is 4.09. The Morgan fingerprint density at radius 3 is 2.52 bits per heavy atom. The molecule has 1 amide bonds. The van der Waals surface area contributed by atoms with Crippen molar-refractivity contribution in [1.82, 2.24) is 15.0 Å². The second-order valence-corrected chi connectivity index (χ2v) is 7.48. The minimum Gasteiger partial charge on any atom is -0.497 e. The fraction of sp³-hybridized carbons (Fsp3) is 0.148. The zero-order valence-corrected chi connectivity index (χ0v) is 18.4. The zero-order valence-electron chi connectivity index (χ0n) is 18.4. The van der Waals surface area contributed by atoms with Crippen molar-refractivity contribution in [2.24, 2.45) is 0 Å². The second kappa shape index (κ2) is 10.9. The maximum absolute atomic E-state index is 13.0. The molecule has 0 fully saturated rings. The van der Waals surface area contributed by atoms with Gasteiger partial charge in [0.2, 0.25) is 17.6 Å². The van der Waals surface area contributed by atoms with E-state index in [1.807, 2.05) is 91.0 Å². The van der Waals surface area contributed by atoms with Crippen molar-refractivity contribution in [3.63, 3.8) is 0 Å². The van der Waals surface area contributed by atoms with Gasteiger partial charge in [-0.2, -0.15) is 4.98 Å². The predicted octanol–water partition coefficient (Wildman–Crippen LogP) is 5.03. The van der Waals surface area contributed by atoms with E-state index in [1.54, 1.807) is 18.1 Å². The molecule has 3 aromatic carbocycles. The van der Waals surface area contributed by atoms with Crippen LogP contribution in [0.5, 0.6) is 5.75 Å². The van der Waals surface area contributed by atoms with Gasteiger partial charge in [-0.1, -0.05) is 78.0 Å². The molecule has 0 atom stereocenters. The highest BCUT2D eigenvalue weighted by molar-refractivity contribution is 5.91. The van der Waals surface area contributed by atoms with E-state index in [4.69, 9.17) is 9.26 Å². The summed E-state index contributed by atoms with van der Waals surface area (Å²) in [7, 11) is 1.62. The Bertz CT molecular complexity index is 1200. The van der Waals surface area contributed by atoms with Crippen LogP contribution >= 0.6 is 0 Å². The predicted molar refractivity (Wildman–Crippen MR) is 127 cm³/mol. The largest absolute Gasteiger partial charge is 0.497 e. The minimum atomic E-state index is -0.0739. The number of ether oxygens (including phenoxy) is 1. The van der Waals surface area contributed by atoms with Crippen LogP contribution in [0, 0.1) is 0 Å². The maximum atomic E-state index is 13.0. The van der Waals surface area contributed by atoms with Gasteiger partial charge in [-0.25, -0.2) is 0 Å². The fourth-order valence-corrected chi connectivity index (χ4v) is 3.37. The average Bonchev–Trinajstić information content (AvgIpc) is 3.35. The highest BCUT2D eigenvalue weighted by atomic mass is 16.5. The molecule has 4 aromatic rings. The van der Waals surface area contributed by atoms with Gasteiger partial charge >= 0.3 is 0 Å². The molecule has 0 aliphatic rings. The number of aromatic nitrogens is 2. The topological polar surface area (TPSA) is 68.5 Å². The summed E-state index contributed by atoms with van der Waals surface area (Å²) in [6.07, 6.45) is 3.89. The van der Waals surface area contributed by atoms with Crippen molar-refractivity contribution in [3.8, 4) is 17.1 Å². The van der Waals surface area contributed by atoms with Crippen LogP contribution in [-0.2, 0) is 17.8 Å². The van der Waals surface area contributed by atoms with Gasteiger partial charge in [0.25, 0.3) is 0 Å². The lowest BCUT2D eigenvalue weighted by atomic mass is 10.2. The van der Waals surface area contributed by atoms with Crippen LogP contribution in [0.2, 0.25) is 0 Å². The van der Waals surface area contributed by atoms with Crippen LogP contribution in [-0.4, -0.2) is 34.6 Å². The molecule has 0 saturated heterocycles. The smallest absolute Gasteiger partial charge is 0.246 e. The lowest BCUT2D eigenvalue weighted by Gasteiger charge is -2.20. The number of methoxy groups -OCH3 is 1. The molecule has 0 N–H and O–H groups in total. The van der Waals surface area contributed by atoms with Gasteiger partial charge in [0.05, 0.1) is 7.11 Å². The zero-order chi connectivity index (χ0) is 22.9. The van der Waals surface area contributed by atoms with Gasteiger partial charge in [-0.15, -0.1) is 0 Å². The molecule has 6 nitrogen and oxygen atoms in total. The van der Waals surface area contributed by atoms with Gasteiger partial charge in [0, 0.05) is 31.1 Å². The normalized spacial score (nSPS) is 10.9. The Labute approximate surface area is 193 Å². The van der Waals surface area contributed by atoms with Crippen LogP contribution in [0.4, 0.5) is 0 Å². The standard InChI is InChI=1S/C27H25N3O3/c1-32-24-14-8-13-23(19-24)27-28-25(33-29-27)17-18-30(20-22-11-6-3-7-12-22)26(31)16-15-21-9-4-2-5-10-21/h2-16,19H,17-18,20H2,1H3/b16-15+. The first kappa shape index (κ1) is 22.0. The first-order valence-corrected chi connectivity index (χ1v) is 10.7. The van der Waals surface area contributed by atoms with Crippen molar-refractivity contribution in [2.75, 3.05) is 13.7 Å². The van der Waals surface area contributed by atoms with Crippen molar-refractivity contribution in [2.45, 2.75) is 13.0 Å². The van der Waals surface area contributed by atoms with Crippen LogP contribution in [0.1, 0.15) is 17.0 Å². The van der Waals surface area contributed by atoms with Gasteiger partial charge < -0.3 is 14.2 Å². The molecule has 0 spiro atoms.